The van der Waals surface area contributed by atoms with Gasteiger partial charge in [0.1, 0.15) is 0 Å². The lowest BCUT2D eigenvalue weighted by molar-refractivity contribution is -0.539. The van der Waals surface area contributed by atoms with E-state index in [-0.39, 0.29) is 11.9 Å². The molecule has 0 saturated carbocycles. The second kappa shape index (κ2) is 14.8. The summed E-state index contributed by atoms with van der Waals surface area (Å²) in [6.45, 7) is 8.22. The van der Waals surface area contributed by atoms with Gasteiger partial charge in [0.25, 0.3) is 12.1 Å². The fourth-order valence-electron chi connectivity index (χ4n) is 7.27. The lowest BCUT2D eigenvalue weighted by Gasteiger charge is -2.35. The molecule has 0 amide bonds. The molecule has 51 heavy (non-hydrogen) atoms. The van der Waals surface area contributed by atoms with Crippen molar-refractivity contribution in [1.82, 2.24) is 9.80 Å². The largest absolute Gasteiger partial charge is 0.412 e. The van der Waals surface area contributed by atoms with Crippen LogP contribution in [0.25, 0.3) is 0 Å². The average molecular weight is 687 g/mol. The van der Waals surface area contributed by atoms with E-state index in [2.05, 4.69) is 103 Å². The van der Waals surface area contributed by atoms with Gasteiger partial charge >= 0.3 is 11.9 Å². The fourth-order valence-corrected chi connectivity index (χ4v) is 7.27. The first-order valence-electron chi connectivity index (χ1n) is 17.7. The summed E-state index contributed by atoms with van der Waals surface area (Å²) in [5.74, 6) is -0.649. The Morgan fingerprint density at radius 3 is 1.25 bits per heavy atom. The molecule has 2 saturated heterocycles. The average Bonchev–Trinajstić information content (AvgIpc) is 3.74. The highest BCUT2D eigenvalue weighted by Crippen LogP contribution is 2.26. The zero-order valence-electron chi connectivity index (χ0n) is 28.5. The number of rotatable bonds is 10. The third kappa shape index (κ3) is 7.38. The van der Waals surface area contributed by atoms with Gasteiger partial charge in [-0.15, -0.1) is 0 Å². The molecule has 4 aliphatic rings. The van der Waals surface area contributed by atoms with Crippen molar-refractivity contribution in [2.24, 2.45) is 10.6 Å². The molecular weight excluding hydrogens is 644 g/mol. The summed E-state index contributed by atoms with van der Waals surface area (Å²) in [4.78, 5) is 45.1. The Labute approximate surface area is 297 Å². The van der Waals surface area contributed by atoms with Crippen LogP contribution in [0.15, 0.2) is 120 Å². The first-order chi connectivity index (χ1) is 25.1. The topological polar surface area (TPSA) is 96.3 Å². The number of para-hydroxylation sites is 2. The van der Waals surface area contributed by atoms with Gasteiger partial charge in [0.2, 0.25) is 21.9 Å². The van der Waals surface area contributed by atoms with Gasteiger partial charge in [0, 0.05) is 88.0 Å². The van der Waals surface area contributed by atoms with E-state index in [9.17, 15) is 9.59 Å². The Hall–Kier alpha value is -5.46. The van der Waals surface area contributed by atoms with Crippen molar-refractivity contribution < 1.29 is 28.7 Å². The van der Waals surface area contributed by atoms with Crippen molar-refractivity contribution in [3.05, 3.63) is 120 Å². The van der Waals surface area contributed by atoms with Crippen LogP contribution in [0, 0.1) is 0 Å². The van der Waals surface area contributed by atoms with Gasteiger partial charge in [0.15, 0.2) is 0 Å². The molecule has 2 atom stereocenters. The summed E-state index contributed by atoms with van der Waals surface area (Å²) in [6, 6.07) is 36.1. The number of benzene rings is 4. The molecule has 12 nitrogen and oxygen atoms in total. The normalized spacial score (nSPS) is 21.3. The van der Waals surface area contributed by atoms with Gasteiger partial charge in [-0.1, -0.05) is 60.7 Å². The maximum atomic E-state index is 12.7. The van der Waals surface area contributed by atoms with E-state index in [0.29, 0.717) is 13.1 Å². The van der Waals surface area contributed by atoms with Crippen LogP contribution in [-0.2, 0) is 25.7 Å². The Balaban J connectivity index is 0.846. The van der Waals surface area contributed by atoms with Crippen molar-refractivity contribution in [3.63, 3.8) is 0 Å². The first-order valence-corrected chi connectivity index (χ1v) is 17.7. The zero-order valence-corrected chi connectivity index (χ0v) is 28.5. The van der Waals surface area contributed by atoms with E-state index >= 15 is 0 Å². The summed E-state index contributed by atoms with van der Waals surface area (Å²) in [5.41, 5.74) is 6.35. The van der Waals surface area contributed by atoms with Crippen molar-refractivity contribution in [2.75, 3.05) is 75.2 Å². The van der Waals surface area contributed by atoms with E-state index in [0.717, 1.165) is 81.3 Å². The molecule has 4 aromatic rings. The molecule has 4 heterocycles. The van der Waals surface area contributed by atoms with Crippen LogP contribution < -0.4 is 9.80 Å². The van der Waals surface area contributed by atoms with Gasteiger partial charge in [-0.25, -0.2) is 9.59 Å². The fraction of sp³-hybridized carbons (Fsp3) is 0.333. The standard InChI is InChI=1S/C39H42N8O4/c48-38-36(28-42-19-23-44(24-20-42)32-7-3-1-4-8-32)46(40-50-38)34-15-11-30(12-16-34)27-31-13-17-35(18-14-31)47-37(39(49)51-41-47)29-43-21-25-45(26-22-43)33-9-5-2-6-10-33/h1-18,36-37H,19-29H2/q+2. The maximum absolute atomic E-state index is 12.7. The molecular formula is C39H42N8O4+2. The number of anilines is 2. The molecule has 4 aliphatic heterocycles. The highest BCUT2D eigenvalue weighted by Gasteiger charge is 2.44. The van der Waals surface area contributed by atoms with Crippen molar-refractivity contribution in [1.29, 1.82) is 0 Å². The molecule has 2 fully saturated rings. The van der Waals surface area contributed by atoms with E-state index in [1.54, 1.807) is 9.39 Å². The summed E-state index contributed by atoms with van der Waals surface area (Å²) in [5, 5.41) is 8.23. The van der Waals surface area contributed by atoms with Crippen LogP contribution in [0.4, 0.5) is 22.7 Å². The second-order valence-corrected chi connectivity index (χ2v) is 13.5. The van der Waals surface area contributed by atoms with Gasteiger partial charge in [-0.05, 0) is 51.2 Å². The molecule has 260 valence electrons. The Morgan fingerprint density at radius 1 is 0.510 bits per heavy atom. The highest BCUT2D eigenvalue weighted by atomic mass is 16.7. The van der Waals surface area contributed by atoms with Gasteiger partial charge in [0.05, 0.1) is 13.1 Å². The van der Waals surface area contributed by atoms with Crippen LogP contribution in [0.3, 0.4) is 0 Å². The van der Waals surface area contributed by atoms with Crippen LogP contribution in [-0.4, -0.2) is 109 Å². The minimum atomic E-state index is -0.485. The Morgan fingerprint density at radius 2 is 0.882 bits per heavy atom. The van der Waals surface area contributed by atoms with Crippen LogP contribution in [0.2, 0.25) is 0 Å². The van der Waals surface area contributed by atoms with Crippen LogP contribution in [0.5, 0.6) is 0 Å². The van der Waals surface area contributed by atoms with Gasteiger partial charge in [-0.3, -0.25) is 19.5 Å². The minimum Gasteiger partial charge on any atom is -0.369 e. The molecule has 0 aromatic heterocycles. The molecule has 0 radical (unpaired) electrons. The number of carbonyl (C=O) groups is 2. The SMILES string of the molecule is O=C1ON=[N+](c2ccc(Cc3ccc([N+]4=NOC(=O)C4CN4CCN(c5ccccc5)CC4)cc3)cc2)C1CN1CCN(c2ccccc2)CC1. The van der Waals surface area contributed by atoms with E-state index in [4.69, 9.17) is 9.68 Å². The molecule has 8 rings (SSSR count). The number of piperazine rings is 2. The summed E-state index contributed by atoms with van der Waals surface area (Å²) < 4.78 is 3.40. The summed E-state index contributed by atoms with van der Waals surface area (Å²) >= 11 is 0. The first kappa shape index (κ1) is 32.7. The van der Waals surface area contributed by atoms with E-state index in [1.807, 2.05) is 36.4 Å². The van der Waals surface area contributed by atoms with Gasteiger partial charge < -0.3 is 9.80 Å². The predicted octanol–water partition coefficient (Wildman–Crippen LogP) is 4.80. The van der Waals surface area contributed by atoms with Crippen molar-refractivity contribution in [2.45, 2.75) is 18.5 Å². The van der Waals surface area contributed by atoms with Crippen LogP contribution >= 0.6 is 0 Å². The third-order valence-electron chi connectivity index (χ3n) is 10.2. The molecule has 0 N–H and O–H groups in total. The third-order valence-corrected chi connectivity index (χ3v) is 10.2. The lowest BCUT2D eigenvalue weighted by Crippen LogP contribution is -2.50. The molecule has 0 spiro atoms. The Kier molecular flexibility index (Phi) is 9.50. The molecule has 12 heteroatoms. The molecule has 4 aromatic carbocycles. The smallest absolute Gasteiger partial charge is 0.369 e. The van der Waals surface area contributed by atoms with E-state index < -0.39 is 12.1 Å². The quantitative estimate of drug-likeness (QED) is 0.220. The molecule has 2 unspecified atom stereocenters. The van der Waals surface area contributed by atoms with Crippen molar-refractivity contribution >= 4 is 34.7 Å². The monoisotopic (exact) mass is 686 g/mol. The van der Waals surface area contributed by atoms with Crippen molar-refractivity contribution in [3.8, 4) is 0 Å². The summed E-state index contributed by atoms with van der Waals surface area (Å²) in [7, 11) is 0. The minimum absolute atomic E-state index is 0.325. The second-order valence-electron chi connectivity index (χ2n) is 13.5. The number of nitrogens with zero attached hydrogens (tertiary/aromatic N) is 8. The lowest BCUT2D eigenvalue weighted by atomic mass is 10.0. The maximum Gasteiger partial charge on any atom is 0.412 e. The van der Waals surface area contributed by atoms with Gasteiger partial charge in [-0.2, -0.15) is 0 Å². The van der Waals surface area contributed by atoms with E-state index in [1.165, 1.54) is 11.4 Å². The number of hydrogen-bond donors (Lipinski definition) is 0. The zero-order chi connectivity index (χ0) is 34.6. The molecule has 0 aliphatic carbocycles. The number of carbonyl (C=O) groups excluding carboxylic acids is 2. The summed E-state index contributed by atoms with van der Waals surface area (Å²) in [6.07, 6.45) is 0.726. The Bertz CT molecular complexity index is 1750. The predicted molar refractivity (Wildman–Crippen MR) is 190 cm³/mol. The highest BCUT2D eigenvalue weighted by molar-refractivity contribution is 5.76. The van der Waals surface area contributed by atoms with Crippen LogP contribution in [0.1, 0.15) is 11.1 Å². The molecule has 0 bridgehead atoms. The number of hydrogen-bond acceptors (Lipinski definition) is 10.